The first-order valence-electron chi connectivity index (χ1n) is 14.4. The highest BCUT2D eigenvalue weighted by Crippen LogP contribution is 2.28. The van der Waals surface area contributed by atoms with E-state index in [1.807, 2.05) is 76.2 Å². The summed E-state index contributed by atoms with van der Waals surface area (Å²) >= 11 is 13.0. The molecule has 0 aliphatic carbocycles. The Morgan fingerprint density at radius 1 is 0.930 bits per heavy atom. The van der Waals surface area contributed by atoms with E-state index in [0.717, 1.165) is 29.4 Å². The van der Waals surface area contributed by atoms with Gasteiger partial charge in [-0.3, -0.25) is 13.9 Å². The molecule has 0 radical (unpaired) electrons. The molecule has 0 aromatic heterocycles. The number of hydrogen-bond donors (Lipinski definition) is 1. The van der Waals surface area contributed by atoms with E-state index >= 15 is 0 Å². The third kappa shape index (κ3) is 9.98. The summed E-state index contributed by atoms with van der Waals surface area (Å²) in [6, 6.07) is 19.3. The molecule has 0 aliphatic rings. The molecule has 0 bridgehead atoms. The van der Waals surface area contributed by atoms with E-state index in [9.17, 15) is 18.0 Å². The average Bonchev–Trinajstić information content (AvgIpc) is 2.93. The van der Waals surface area contributed by atoms with Crippen LogP contribution in [0.5, 0.6) is 0 Å². The maximum Gasteiger partial charge on any atom is 0.243 e. The minimum atomic E-state index is -3.61. The summed E-state index contributed by atoms with van der Waals surface area (Å²) in [7, 11) is -3.61. The molecule has 0 spiro atoms. The lowest BCUT2D eigenvalue weighted by molar-refractivity contribution is -0.141. The van der Waals surface area contributed by atoms with Crippen LogP contribution in [0, 0.1) is 13.8 Å². The highest BCUT2D eigenvalue weighted by molar-refractivity contribution is 7.92. The van der Waals surface area contributed by atoms with Crippen LogP contribution in [0.4, 0.5) is 5.69 Å². The molecule has 43 heavy (non-hydrogen) atoms. The summed E-state index contributed by atoms with van der Waals surface area (Å²) in [6.07, 6.45) is 2.44. The number of amides is 2. The quantitative estimate of drug-likeness (QED) is 0.211. The van der Waals surface area contributed by atoms with Crippen LogP contribution in [0.15, 0.2) is 66.7 Å². The maximum absolute atomic E-state index is 14.0. The second kappa shape index (κ2) is 15.6. The smallest absolute Gasteiger partial charge is 0.243 e. The molecule has 232 valence electrons. The monoisotopic (exact) mass is 645 g/mol. The summed E-state index contributed by atoms with van der Waals surface area (Å²) < 4.78 is 26.8. The Bertz CT molecular complexity index is 1480. The van der Waals surface area contributed by atoms with Crippen LogP contribution in [-0.2, 0) is 32.6 Å². The van der Waals surface area contributed by atoms with Crippen molar-refractivity contribution in [3.05, 3.63) is 99.0 Å². The minimum Gasteiger partial charge on any atom is -0.352 e. The Morgan fingerprint density at radius 2 is 1.53 bits per heavy atom. The van der Waals surface area contributed by atoms with Crippen molar-refractivity contribution in [3.63, 3.8) is 0 Å². The van der Waals surface area contributed by atoms with Gasteiger partial charge in [-0.05, 0) is 74.6 Å². The molecule has 0 heterocycles. The van der Waals surface area contributed by atoms with Crippen LogP contribution >= 0.6 is 23.2 Å². The molecule has 0 aliphatic heterocycles. The van der Waals surface area contributed by atoms with Gasteiger partial charge < -0.3 is 10.2 Å². The van der Waals surface area contributed by atoms with E-state index in [-0.39, 0.29) is 50.2 Å². The standard InChI is InChI=1S/C33H41Cl2N3O4S/c1-6-25(4)36-33(40)31(21-26-12-8-7-9-13-26)37(22-28-29(34)14-10-15-30(28)35)32(39)16-11-17-38(43(5,41)42)27-19-23(2)18-24(3)20-27/h7-10,12-15,18-20,25,31H,6,11,16-17,21-22H2,1-5H3,(H,36,40)/t25-,31-/m1/s1. The molecule has 3 aromatic carbocycles. The topological polar surface area (TPSA) is 86.8 Å². The molecule has 3 rings (SSSR count). The Labute approximate surface area is 266 Å². The van der Waals surface area contributed by atoms with Gasteiger partial charge in [0.1, 0.15) is 6.04 Å². The zero-order chi connectivity index (χ0) is 31.7. The summed E-state index contributed by atoms with van der Waals surface area (Å²) in [5.74, 6) is -0.576. The van der Waals surface area contributed by atoms with E-state index < -0.39 is 16.1 Å². The van der Waals surface area contributed by atoms with Crippen LogP contribution < -0.4 is 9.62 Å². The van der Waals surface area contributed by atoms with Crippen LogP contribution in [0.1, 0.15) is 55.4 Å². The van der Waals surface area contributed by atoms with Crippen LogP contribution in [0.2, 0.25) is 10.0 Å². The molecule has 0 saturated heterocycles. The van der Waals surface area contributed by atoms with E-state index in [2.05, 4.69) is 5.32 Å². The maximum atomic E-state index is 14.0. The van der Waals surface area contributed by atoms with Crippen molar-refractivity contribution in [1.29, 1.82) is 0 Å². The number of benzene rings is 3. The summed E-state index contributed by atoms with van der Waals surface area (Å²) in [5, 5.41) is 3.83. The summed E-state index contributed by atoms with van der Waals surface area (Å²) in [5.41, 5.74) is 3.88. The normalized spacial score (nSPS) is 12.8. The van der Waals surface area contributed by atoms with Crippen LogP contribution in [-0.4, -0.2) is 50.0 Å². The number of nitrogens with zero attached hydrogens (tertiary/aromatic N) is 2. The predicted octanol–water partition coefficient (Wildman–Crippen LogP) is 6.71. The molecule has 1 N–H and O–H groups in total. The van der Waals surface area contributed by atoms with Crippen molar-refractivity contribution in [3.8, 4) is 0 Å². The first-order valence-corrected chi connectivity index (χ1v) is 17.0. The Balaban J connectivity index is 1.95. The number of nitrogens with one attached hydrogen (secondary N) is 1. The van der Waals surface area contributed by atoms with Gasteiger partial charge in [-0.2, -0.15) is 0 Å². The average molecular weight is 647 g/mol. The second-order valence-electron chi connectivity index (χ2n) is 11.0. The largest absolute Gasteiger partial charge is 0.352 e. The van der Waals surface area contributed by atoms with Crippen LogP contribution in [0.25, 0.3) is 0 Å². The fourth-order valence-electron chi connectivity index (χ4n) is 4.95. The van der Waals surface area contributed by atoms with E-state index in [4.69, 9.17) is 23.2 Å². The number of hydrogen-bond acceptors (Lipinski definition) is 4. The third-order valence-corrected chi connectivity index (χ3v) is 9.21. The van der Waals surface area contributed by atoms with Crippen molar-refractivity contribution in [2.45, 2.75) is 72.0 Å². The SMILES string of the molecule is CC[C@@H](C)NC(=O)[C@@H](Cc1ccccc1)N(Cc1c(Cl)cccc1Cl)C(=O)CCCN(c1cc(C)cc(C)c1)S(C)(=O)=O. The number of sulfonamides is 1. The zero-order valence-corrected chi connectivity index (χ0v) is 27.8. The van der Waals surface area contributed by atoms with Crippen molar-refractivity contribution in [2.75, 3.05) is 17.1 Å². The number of halogens is 2. The van der Waals surface area contributed by atoms with Gasteiger partial charge in [0.2, 0.25) is 21.8 Å². The van der Waals surface area contributed by atoms with Crippen molar-refractivity contribution in [1.82, 2.24) is 10.2 Å². The molecular weight excluding hydrogens is 605 g/mol. The van der Waals surface area contributed by atoms with Gasteiger partial charge in [-0.15, -0.1) is 0 Å². The van der Waals surface area contributed by atoms with E-state index in [0.29, 0.717) is 21.3 Å². The van der Waals surface area contributed by atoms with Crippen molar-refractivity contribution < 1.29 is 18.0 Å². The molecule has 3 aromatic rings. The van der Waals surface area contributed by atoms with Gasteiger partial charge in [0.25, 0.3) is 0 Å². The Hall–Kier alpha value is -3.07. The van der Waals surface area contributed by atoms with Crippen molar-refractivity contribution in [2.24, 2.45) is 0 Å². The van der Waals surface area contributed by atoms with Gasteiger partial charge in [-0.25, -0.2) is 8.42 Å². The first-order chi connectivity index (χ1) is 20.3. The molecule has 0 unspecified atom stereocenters. The fourth-order valence-corrected chi connectivity index (χ4v) is 6.41. The molecule has 10 heteroatoms. The number of anilines is 1. The molecule has 2 atom stereocenters. The van der Waals surface area contributed by atoms with Gasteiger partial charge in [0, 0.05) is 47.6 Å². The first kappa shape index (κ1) is 34.4. The lowest BCUT2D eigenvalue weighted by atomic mass is 10.0. The third-order valence-electron chi connectivity index (χ3n) is 7.31. The zero-order valence-electron chi connectivity index (χ0n) is 25.4. The van der Waals surface area contributed by atoms with Gasteiger partial charge in [0.15, 0.2) is 0 Å². The van der Waals surface area contributed by atoms with Gasteiger partial charge in [-0.1, -0.05) is 72.6 Å². The Kier molecular flexibility index (Phi) is 12.5. The molecular formula is C33H41Cl2N3O4S. The highest BCUT2D eigenvalue weighted by Gasteiger charge is 2.32. The summed E-state index contributed by atoms with van der Waals surface area (Å²) in [4.78, 5) is 29.3. The highest BCUT2D eigenvalue weighted by atomic mass is 35.5. The molecule has 2 amide bonds. The summed E-state index contributed by atoms with van der Waals surface area (Å²) in [6.45, 7) is 7.85. The van der Waals surface area contributed by atoms with Gasteiger partial charge >= 0.3 is 0 Å². The molecule has 7 nitrogen and oxygen atoms in total. The Morgan fingerprint density at radius 3 is 2.09 bits per heavy atom. The van der Waals surface area contributed by atoms with Crippen LogP contribution in [0.3, 0.4) is 0 Å². The van der Waals surface area contributed by atoms with E-state index in [1.54, 1.807) is 18.2 Å². The molecule has 0 saturated carbocycles. The number of carbonyl (C=O) groups excluding carboxylic acids is 2. The van der Waals surface area contributed by atoms with E-state index in [1.165, 1.54) is 9.21 Å². The molecule has 0 fully saturated rings. The second-order valence-corrected chi connectivity index (χ2v) is 13.8. The number of aryl methyl sites for hydroxylation is 2. The van der Waals surface area contributed by atoms with Gasteiger partial charge in [0.05, 0.1) is 11.9 Å². The number of rotatable bonds is 14. The lowest BCUT2D eigenvalue weighted by Crippen LogP contribution is -2.52. The number of carbonyl (C=O) groups is 2. The lowest BCUT2D eigenvalue weighted by Gasteiger charge is -2.33. The minimum absolute atomic E-state index is 0.0147. The van der Waals surface area contributed by atoms with Crippen molar-refractivity contribution >= 4 is 50.7 Å². The predicted molar refractivity (Wildman–Crippen MR) is 176 cm³/mol. The fraction of sp³-hybridized carbons (Fsp3) is 0.394.